The molecule has 1 aromatic carbocycles. The van der Waals surface area contributed by atoms with Gasteiger partial charge in [0.1, 0.15) is 0 Å². The number of morpholine rings is 1. The van der Waals surface area contributed by atoms with Gasteiger partial charge in [-0.25, -0.2) is 22.9 Å². The van der Waals surface area contributed by atoms with Gasteiger partial charge in [-0.15, -0.1) is 5.10 Å². The molecule has 0 spiro atoms. The standard InChI is InChI=1S/C22H27N9O3S/c1-35(32,33)30-7-5-28(6-8-30)15-20-25-22-21(29-9-11-34-12-10-29)24-19(14-31(22)27-20)16-3-2-4-18-17(16)13-23-26-18/h2-4,13-14H,5-12,15H2,1H3,(H,23,26). The van der Waals surface area contributed by atoms with E-state index in [2.05, 4.69) is 20.0 Å². The molecule has 0 atom stereocenters. The third-order valence-electron chi connectivity index (χ3n) is 6.58. The number of aromatic nitrogens is 6. The second kappa shape index (κ2) is 8.82. The molecule has 35 heavy (non-hydrogen) atoms. The molecule has 0 saturated carbocycles. The van der Waals surface area contributed by atoms with Crippen LogP contribution in [0.1, 0.15) is 5.82 Å². The number of anilines is 1. The zero-order valence-electron chi connectivity index (χ0n) is 19.5. The highest BCUT2D eigenvalue weighted by Gasteiger charge is 2.25. The van der Waals surface area contributed by atoms with Gasteiger partial charge in [0.25, 0.3) is 0 Å². The summed E-state index contributed by atoms with van der Waals surface area (Å²) < 4.78 is 32.5. The molecule has 2 fully saturated rings. The Bertz CT molecular complexity index is 1470. The maximum atomic E-state index is 11.8. The molecule has 2 saturated heterocycles. The maximum Gasteiger partial charge on any atom is 0.211 e. The van der Waals surface area contributed by atoms with Gasteiger partial charge in [0, 0.05) is 50.2 Å². The minimum absolute atomic E-state index is 0.478. The van der Waals surface area contributed by atoms with Crippen LogP contribution < -0.4 is 4.90 Å². The van der Waals surface area contributed by atoms with Crippen molar-refractivity contribution in [3.8, 4) is 11.3 Å². The SMILES string of the molecule is CS(=O)(=O)N1CCN(Cc2nc3c(N4CCOCC4)nc(-c4cccc5[nH]ncc45)cn3n2)CC1. The lowest BCUT2D eigenvalue weighted by molar-refractivity contribution is 0.122. The van der Waals surface area contributed by atoms with Crippen molar-refractivity contribution in [1.82, 2.24) is 39.0 Å². The van der Waals surface area contributed by atoms with Crippen molar-refractivity contribution in [1.29, 1.82) is 0 Å². The third kappa shape index (κ3) is 4.35. The predicted octanol–water partition coefficient (Wildman–Crippen LogP) is 0.581. The highest BCUT2D eigenvalue weighted by Crippen LogP contribution is 2.29. The van der Waals surface area contributed by atoms with Crippen molar-refractivity contribution in [2.24, 2.45) is 0 Å². The Balaban J connectivity index is 1.36. The number of piperazine rings is 1. The Morgan fingerprint density at radius 1 is 1.06 bits per heavy atom. The van der Waals surface area contributed by atoms with E-state index in [0.717, 1.165) is 41.1 Å². The Labute approximate surface area is 202 Å². The number of nitrogens with one attached hydrogen (secondary N) is 1. The first-order valence-corrected chi connectivity index (χ1v) is 13.5. The predicted molar refractivity (Wildman–Crippen MR) is 131 cm³/mol. The molecule has 184 valence electrons. The maximum absolute atomic E-state index is 11.8. The van der Waals surface area contributed by atoms with Crippen LogP contribution in [0.5, 0.6) is 0 Å². The number of sulfonamides is 1. The summed E-state index contributed by atoms with van der Waals surface area (Å²) in [7, 11) is -3.16. The van der Waals surface area contributed by atoms with Gasteiger partial charge in [0.15, 0.2) is 17.3 Å². The minimum atomic E-state index is -3.16. The molecule has 0 bridgehead atoms. The van der Waals surface area contributed by atoms with E-state index in [4.69, 9.17) is 19.8 Å². The van der Waals surface area contributed by atoms with Gasteiger partial charge in [-0.2, -0.15) is 9.40 Å². The summed E-state index contributed by atoms with van der Waals surface area (Å²) in [6, 6.07) is 6.01. The summed E-state index contributed by atoms with van der Waals surface area (Å²) in [4.78, 5) is 14.3. The Morgan fingerprint density at radius 2 is 1.86 bits per heavy atom. The van der Waals surface area contributed by atoms with Crippen LogP contribution in [-0.4, -0.2) is 106 Å². The number of hydrogen-bond donors (Lipinski definition) is 1. The van der Waals surface area contributed by atoms with Gasteiger partial charge in [0.2, 0.25) is 10.0 Å². The van der Waals surface area contributed by atoms with Crippen LogP contribution in [0.3, 0.4) is 0 Å². The van der Waals surface area contributed by atoms with Crippen molar-refractivity contribution < 1.29 is 13.2 Å². The van der Waals surface area contributed by atoms with Crippen LogP contribution in [0, 0.1) is 0 Å². The summed E-state index contributed by atoms with van der Waals surface area (Å²) in [5.41, 5.74) is 3.43. The fraction of sp³-hybridized carbons (Fsp3) is 0.455. The molecule has 2 aliphatic heterocycles. The van der Waals surface area contributed by atoms with Crippen molar-refractivity contribution >= 4 is 32.4 Å². The minimum Gasteiger partial charge on any atom is -0.378 e. The lowest BCUT2D eigenvalue weighted by Crippen LogP contribution is -2.47. The molecule has 0 amide bonds. The highest BCUT2D eigenvalue weighted by molar-refractivity contribution is 7.88. The summed E-state index contributed by atoms with van der Waals surface area (Å²) in [5.74, 6) is 1.47. The fourth-order valence-electron chi connectivity index (χ4n) is 4.71. The largest absolute Gasteiger partial charge is 0.378 e. The Hall–Kier alpha value is -3.13. The first-order valence-electron chi connectivity index (χ1n) is 11.6. The first kappa shape index (κ1) is 22.3. The molecule has 0 unspecified atom stereocenters. The van der Waals surface area contributed by atoms with E-state index in [1.807, 2.05) is 35.1 Å². The lowest BCUT2D eigenvalue weighted by Gasteiger charge is -2.32. The number of nitrogens with zero attached hydrogens (tertiary/aromatic N) is 8. The van der Waals surface area contributed by atoms with E-state index >= 15 is 0 Å². The number of aromatic amines is 1. The molecule has 2 aliphatic rings. The number of H-pyrrole nitrogens is 1. The van der Waals surface area contributed by atoms with E-state index in [0.29, 0.717) is 57.4 Å². The molecule has 4 aromatic rings. The van der Waals surface area contributed by atoms with Crippen LogP contribution in [0.2, 0.25) is 0 Å². The monoisotopic (exact) mass is 497 g/mol. The topological polar surface area (TPSA) is 125 Å². The summed E-state index contributed by atoms with van der Waals surface area (Å²) in [6.45, 7) is 5.54. The van der Waals surface area contributed by atoms with Crippen LogP contribution in [0.25, 0.3) is 27.8 Å². The third-order valence-corrected chi connectivity index (χ3v) is 7.89. The van der Waals surface area contributed by atoms with Crippen LogP contribution in [0.4, 0.5) is 5.82 Å². The summed E-state index contributed by atoms with van der Waals surface area (Å²) in [5, 5.41) is 13.0. The zero-order chi connectivity index (χ0) is 24.0. The van der Waals surface area contributed by atoms with E-state index in [1.54, 1.807) is 0 Å². The molecule has 1 N–H and O–H groups in total. The van der Waals surface area contributed by atoms with Gasteiger partial charge >= 0.3 is 0 Å². The van der Waals surface area contributed by atoms with Gasteiger partial charge in [0.05, 0.1) is 49.6 Å². The second-order valence-corrected chi connectivity index (χ2v) is 10.9. The molecule has 0 aliphatic carbocycles. The normalized spacial score (nSPS) is 18.6. The number of rotatable bonds is 5. The molecule has 3 aromatic heterocycles. The van der Waals surface area contributed by atoms with Crippen molar-refractivity contribution in [3.63, 3.8) is 0 Å². The van der Waals surface area contributed by atoms with Crippen LogP contribution in [-0.2, 0) is 21.3 Å². The smallest absolute Gasteiger partial charge is 0.211 e. The summed E-state index contributed by atoms with van der Waals surface area (Å²) in [6.07, 6.45) is 4.99. The van der Waals surface area contributed by atoms with Gasteiger partial charge < -0.3 is 9.64 Å². The Kier molecular flexibility index (Phi) is 5.63. The molecule has 6 rings (SSSR count). The van der Waals surface area contributed by atoms with Gasteiger partial charge in [-0.3, -0.25) is 10.00 Å². The molecule has 0 radical (unpaired) electrons. The average Bonchev–Trinajstić information content (AvgIpc) is 3.50. The molecule has 12 nitrogen and oxygen atoms in total. The summed E-state index contributed by atoms with van der Waals surface area (Å²) >= 11 is 0. The van der Waals surface area contributed by atoms with Gasteiger partial charge in [-0.1, -0.05) is 12.1 Å². The van der Waals surface area contributed by atoms with Crippen molar-refractivity contribution in [2.45, 2.75) is 6.54 Å². The van der Waals surface area contributed by atoms with E-state index in [9.17, 15) is 8.42 Å². The first-order chi connectivity index (χ1) is 17.0. The van der Waals surface area contributed by atoms with Gasteiger partial charge in [-0.05, 0) is 6.07 Å². The average molecular weight is 498 g/mol. The van der Waals surface area contributed by atoms with E-state index < -0.39 is 10.0 Å². The van der Waals surface area contributed by atoms with Crippen molar-refractivity contribution in [2.75, 3.05) is 63.6 Å². The highest BCUT2D eigenvalue weighted by atomic mass is 32.2. The van der Waals surface area contributed by atoms with E-state index in [-0.39, 0.29) is 0 Å². The number of hydrogen-bond acceptors (Lipinski definition) is 9. The van der Waals surface area contributed by atoms with Crippen LogP contribution >= 0.6 is 0 Å². The quantitative estimate of drug-likeness (QED) is 0.421. The number of ether oxygens (including phenoxy) is 1. The second-order valence-electron chi connectivity index (χ2n) is 8.92. The molecular formula is C22H27N9O3S. The van der Waals surface area contributed by atoms with E-state index in [1.165, 1.54) is 10.6 Å². The molecular weight excluding hydrogens is 470 g/mol. The van der Waals surface area contributed by atoms with Crippen molar-refractivity contribution in [3.05, 3.63) is 36.4 Å². The molecule has 5 heterocycles. The molecule has 13 heteroatoms. The fourth-order valence-corrected chi connectivity index (χ4v) is 5.54. The number of benzene rings is 1. The van der Waals surface area contributed by atoms with Crippen LogP contribution in [0.15, 0.2) is 30.6 Å². The Morgan fingerprint density at radius 3 is 2.63 bits per heavy atom. The lowest BCUT2D eigenvalue weighted by atomic mass is 10.1. The zero-order valence-corrected chi connectivity index (χ0v) is 20.3. The number of fused-ring (bicyclic) bond motifs is 2.